The monoisotopic (exact) mass is 292 g/mol. The second kappa shape index (κ2) is 11.1. The van der Waals surface area contributed by atoms with Crippen molar-refractivity contribution < 1.29 is 17.0 Å². The third-order valence-electron chi connectivity index (χ3n) is 2.23. The van der Waals surface area contributed by atoms with Gasteiger partial charge in [0, 0.05) is 18.9 Å². The maximum absolute atomic E-state index is 3.94. The molecular weight excluding hydrogens is 271 g/mol. The van der Waals surface area contributed by atoms with E-state index in [1.807, 2.05) is 60.7 Å². The number of hydrogen-bond acceptors (Lipinski definition) is 1. The Hall–Kier alpha value is -1.00. The molecule has 0 aromatic carbocycles. The average molecular weight is 293 g/mol. The van der Waals surface area contributed by atoms with Crippen LogP contribution >= 0.6 is 12.4 Å². The number of imidazole rings is 2. The van der Waals surface area contributed by atoms with Crippen LogP contribution in [0.4, 0.5) is 0 Å². The topological polar surface area (TPSA) is 26.6 Å². The zero-order valence-electron chi connectivity index (χ0n) is 11.2. The first-order valence-corrected chi connectivity index (χ1v) is 5.65. The Kier molecular flexibility index (Phi) is 11.9. The van der Waals surface area contributed by atoms with Gasteiger partial charge in [-0.1, -0.05) is 13.3 Å². The van der Waals surface area contributed by atoms with Crippen LogP contribution in [-0.4, -0.2) is 14.1 Å². The van der Waals surface area contributed by atoms with E-state index in [4.69, 9.17) is 0 Å². The van der Waals surface area contributed by atoms with Gasteiger partial charge in [0.15, 0.2) is 0 Å². The smallest absolute Gasteiger partial charge is 0.243 e. The van der Waals surface area contributed by atoms with E-state index in [1.54, 1.807) is 0 Å². The summed E-state index contributed by atoms with van der Waals surface area (Å²) in [5.41, 5.74) is 0. The van der Waals surface area contributed by atoms with Crippen LogP contribution in [0.5, 0.6) is 0 Å². The molecule has 0 aliphatic rings. The lowest BCUT2D eigenvalue weighted by Gasteiger charge is -1.96. The second-order valence-corrected chi connectivity index (χ2v) is 3.90. The average Bonchev–Trinajstić information content (AvgIpc) is 2.88. The summed E-state index contributed by atoms with van der Waals surface area (Å²) in [6.07, 6.45) is 14.2. The van der Waals surface area contributed by atoms with Gasteiger partial charge in [-0.3, -0.25) is 0 Å². The number of hydrogen-bond donors (Lipinski definition) is 0. The van der Waals surface area contributed by atoms with Crippen LogP contribution in [-0.2, 0) is 20.6 Å². The van der Waals surface area contributed by atoms with E-state index in [9.17, 15) is 0 Å². The van der Waals surface area contributed by atoms with E-state index < -0.39 is 0 Å². The molecule has 0 fully saturated rings. The highest BCUT2D eigenvalue weighted by Gasteiger charge is 1.87. The van der Waals surface area contributed by atoms with Crippen LogP contribution in [0.3, 0.4) is 0 Å². The van der Waals surface area contributed by atoms with E-state index in [0.29, 0.717) is 0 Å². The molecule has 0 atom stereocenters. The fourth-order valence-corrected chi connectivity index (χ4v) is 1.33. The van der Waals surface area contributed by atoms with Gasteiger partial charge in [0.05, 0.1) is 20.4 Å². The molecule has 2 heterocycles. The molecule has 0 saturated heterocycles. The Morgan fingerprint density at radius 1 is 1.28 bits per heavy atom. The van der Waals surface area contributed by atoms with Gasteiger partial charge < -0.3 is 17.0 Å². The second-order valence-electron chi connectivity index (χ2n) is 3.90. The van der Waals surface area contributed by atoms with Gasteiger partial charge in [-0.15, -0.1) is 12.4 Å². The third-order valence-corrected chi connectivity index (χ3v) is 2.23. The van der Waals surface area contributed by atoms with Crippen molar-refractivity contribution in [2.75, 3.05) is 0 Å². The van der Waals surface area contributed by atoms with E-state index >= 15 is 0 Å². The standard InChI is InChI=1S/C7H12N2.C5H9N2.2ClH/c1-2-3-5-9-6-4-8-7-9;1-6-3-4-7(2)5-6;;/h4,6-7H,2-3,5H2,1H3;3-5H,1-2H3;2*1H/q;+1;;/p-1. The van der Waals surface area contributed by atoms with Crippen LogP contribution in [0, 0.1) is 0 Å². The fraction of sp³-hybridized carbons (Fsp3) is 0.500. The number of halogens is 2. The quantitative estimate of drug-likeness (QED) is 0.664. The molecule has 0 spiro atoms. The summed E-state index contributed by atoms with van der Waals surface area (Å²) in [6, 6.07) is 0. The van der Waals surface area contributed by atoms with Crippen LogP contribution in [0.1, 0.15) is 19.8 Å². The van der Waals surface area contributed by atoms with Crippen molar-refractivity contribution in [3.63, 3.8) is 0 Å². The van der Waals surface area contributed by atoms with Gasteiger partial charge in [0.2, 0.25) is 6.33 Å². The molecule has 0 aliphatic carbocycles. The molecule has 0 bridgehead atoms. The zero-order chi connectivity index (χ0) is 11.8. The Labute approximate surface area is 121 Å². The Morgan fingerprint density at radius 3 is 2.33 bits per heavy atom. The van der Waals surface area contributed by atoms with Crippen molar-refractivity contribution in [3.8, 4) is 0 Å². The SMILES string of the molecule is CCCCn1ccnc1.Cl.Cn1cc[n+](C)c1.[Cl-]. The predicted molar refractivity (Wildman–Crippen MR) is 71.0 cm³/mol. The molecule has 2 aromatic heterocycles. The molecule has 4 nitrogen and oxygen atoms in total. The molecule has 0 unspecified atom stereocenters. The van der Waals surface area contributed by atoms with Gasteiger partial charge in [-0.2, -0.15) is 0 Å². The Bertz CT molecular complexity index is 368. The van der Waals surface area contributed by atoms with E-state index in [2.05, 4.69) is 16.5 Å². The largest absolute Gasteiger partial charge is 1.00 e. The minimum Gasteiger partial charge on any atom is -1.00 e. The first kappa shape index (κ1) is 19.3. The summed E-state index contributed by atoms with van der Waals surface area (Å²) in [6.45, 7) is 3.30. The predicted octanol–water partition coefficient (Wildman–Crippen LogP) is -1.04. The van der Waals surface area contributed by atoms with Gasteiger partial charge in [0.1, 0.15) is 12.4 Å². The molecule has 0 N–H and O–H groups in total. The molecule has 6 heteroatoms. The van der Waals surface area contributed by atoms with Crippen LogP contribution in [0.15, 0.2) is 37.4 Å². The highest BCUT2D eigenvalue weighted by atomic mass is 35.5. The Balaban J connectivity index is 0. The molecule has 0 radical (unpaired) electrons. The van der Waals surface area contributed by atoms with Gasteiger partial charge in [-0.25, -0.2) is 14.1 Å². The minimum atomic E-state index is 0. The number of aromatic nitrogens is 4. The summed E-state index contributed by atoms with van der Waals surface area (Å²) in [7, 11) is 4.00. The van der Waals surface area contributed by atoms with E-state index in [1.165, 1.54) is 12.8 Å². The maximum Gasteiger partial charge on any atom is 0.243 e. The summed E-state index contributed by atoms with van der Waals surface area (Å²) < 4.78 is 6.10. The summed E-state index contributed by atoms with van der Waals surface area (Å²) >= 11 is 0. The molecule has 0 aliphatic heterocycles. The van der Waals surface area contributed by atoms with Gasteiger partial charge >= 0.3 is 0 Å². The molecule has 2 aromatic rings. The van der Waals surface area contributed by atoms with Gasteiger partial charge in [0.25, 0.3) is 0 Å². The van der Waals surface area contributed by atoms with Crippen molar-refractivity contribution in [3.05, 3.63) is 37.4 Å². The first-order valence-electron chi connectivity index (χ1n) is 5.65. The van der Waals surface area contributed by atoms with E-state index in [0.717, 1.165) is 6.54 Å². The van der Waals surface area contributed by atoms with Crippen molar-refractivity contribution >= 4 is 12.4 Å². The van der Waals surface area contributed by atoms with Crippen LogP contribution in [0.2, 0.25) is 0 Å². The van der Waals surface area contributed by atoms with E-state index in [-0.39, 0.29) is 24.8 Å². The van der Waals surface area contributed by atoms with Gasteiger partial charge in [-0.05, 0) is 6.42 Å². The third kappa shape index (κ3) is 8.14. The summed E-state index contributed by atoms with van der Waals surface area (Å²) in [4.78, 5) is 3.94. The lowest BCUT2D eigenvalue weighted by molar-refractivity contribution is -0.670. The fourth-order valence-electron chi connectivity index (χ4n) is 1.33. The maximum atomic E-state index is 3.94. The van der Waals surface area contributed by atoms with Crippen molar-refractivity contribution in [2.45, 2.75) is 26.3 Å². The highest BCUT2D eigenvalue weighted by molar-refractivity contribution is 5.85. The minimum absolute atomic E-state index is 0. The number of rotatable bonds is 3. The first-order chi connectivity index (χ1) is 7.72. The van der Waals surface area contributed by atoms with Crippen LogP contribution < -0.4 is 17.0 Å². The summed E-state index contributed by atoms with van der Waals surface area (Å²) in [5, 5.41) is 0. The molecule has 18 heavy (non-hydrogen) atoms. The number of unbranched alkanes of at least 4 members (excludes halogenated alkanes) is 1. The zero-order valence-corrected chi connectivity index (χ0v) is 12.7. The molecule has 104 valence electrons. The van der Waals surface area contributed by atoms with Crippen molar-refractivity contribution in [1.29, 1.82) is 0 Å². The van der Waals surface area contributed by atoms with Crippen LogP contribution in [0.25, 0.3) is 0 Å². The lowest BCUT2D eigenvalue weighted by atomic mass is 10.3. The normalized spacial score (nSPS) is 8.61. The van der Waals surface area contributed by atoms with Crippen molar-refractivity contribution in [2.24, 2.45) is 14.1 Å². The summed E-state index contributed by atoms with van der Waals surface area (Å²) in [5.74, 6) is 0. The molecule has 2 rings (SSSR count). The molecular formula is C12H22Cl2N4. The Morgan fingerprint density at radius 2 is 2.00 bits per heavy atom. The highest BCUT2D eigenvalue weighted by Crippen LogP contribution is 1.92. The number of nitrogens with zero attached hydrogens (tertiary/aromatic N) is 4. The molecule has 0 amide bonds. The molecule has 0 saturated carbocycles. The number of aryl methyl sites for hydroxylation is 3. The van der Waals surface area contributed by atoms with Crippen molar-refractivity contribution in [1.82, 2.24) is 14.1 Å². The lowest BCUT2D eigenvalue weighted by Crippen LogP contribution is -3.00.